The molecule has 0 bridgehead atoms. The number of hydrogen-bond acceptors (Lipinski definition) is 3. The molecule has 0 aliphatic carbocycles. The van der Waals surface area contributed by atoms with Gasteiger partial charge in [0.15, 0.2) is 0 Å². The van der Waals surface area contributed by atoms with E-state index in [9.17, 15) is 0 Å². The molecule has 0 aliphatic heterocycles. The van der Waals surface area contributed by atoms with Gasteiger partial charge in [-0.05, 0) is 53.9 Å². The molecule has 0 fully saturated rings. The van der Waals surface area contributed by atoms with Crippen LogP contribution in [0.3, 0.4) is 0 Å². The van der Waals surface area contributed by atoms with Gasteiger partial charge < -0.3 is 4.90 Å². The summed E-state index contributed by atoms with van der Waals surface area (Å²) >= 11 is 5.95. The Bertz CT molecular complexity index is 715. The predicted molar refractivity (Wildman–Crippen MR) is 93.5 cm³/mol. The van der Waals surface area contributed by atoms with Crippen molar-refractivity contribution < 1.29 is 0 Å². The molecule has 2 heterocycles. The predicted octanol–water partition coefficient (Wildman–Crippen LogP) is 4.18. The summed E-state index contributed by atoms with van der Waals surface area (Å²) in [6.07, 6.45) is 6.35. The second kappa shape index (κ2) is 7.75. The highest BCUT2D eigenvalue weighted by atomic mass is 35.5. The van der Waals surface area contributed by atoms with Crippen LogP contribution in [-0.2, 0) is 13.0 Å². The number of rotatable bonds is 6. The molecule has 115 valence electrons. The van der Waals surface area contributed by atoms with Crippen LogP contribution in [0.15, 0.2) is 67.1 Å². The van der Waals surface area contributed by atoms with Crippen molar-refractivity contribution in [2.45, 2.75) is 13.0 Å². The lowest BCUT2D eigenvalue weighted by atomic mass is 10.1. The Hall–Kier alpha value is -2.39. The van der Waals surface area contributed by atoms with Gasteiger partial charge in [-0.25, -0.2) is 4.98 Å². The van der Waals surface area contributed by atoms with Gasteiger partial charge in [0.1, 0.15) is 5.82 Å². The number of hydrogen-bond donors (Lipinski definition) is 0. The van der Waals surface area contributed by atoms with Gasteiger partial charge in [0, 0.05) is 42.8 Å². The fraction of sp³-hybridized carbons (Fsp3) is 0.158. The standard InChI is InChI=1S/C19H17ClN3/c20-18-6-4-16(5-7-18)10-14-23(19-3-1-2-11-22-19)15-17-8-12-21-13-9-17/h1-2,4-9,11-13H,10,14-15H2. The molecule has 2 aromatic heterocycles. The summed E-state index contributed by atoms with van der Waals surface area (Å²) in [5.74, 6) is 0.860. The highest BCUT2D eigenvalue weighted by molar-refractivity contribution is 6.30. The first kappa shape index (κ1) is 15.5. The Morgan fingerprint density at radius 2 is 1.74 bits per heavy atom. The molecule has 0 saturated carbocycles. The smallest absolute Gasteiger partial charge is 0.136 e. The van der Waals surface area contributed by atoms with Gasteiger partial charge in [-0.1, -0.05) is 23.7 Å². The number of benzene rings is 1. The van der Waals surface area contributed by atoms with E-state index in [4.69, 9.17) is 11.6 Å². The minimum Gasteiger partial charge on any atom is -0.351 e. The lowest BCUT2D eigenvalue weighted by Crippen LogP contribution is -2.26. The SMILES string of the molecule is Clc1ccc(CCN(Cc2ccncc2)c2[c]cccn2)cc1. The van der Waals surface area contributed by atoms with Crippen LogP contribution in [0.1, 0.15) is 11.1 Å². The maximum atomic E-state index is 5.95. The summed E-state index contributed by atoms with van der Waals surface area (Å²) in [4.78, 5) is 10.7. The molecule has 0 saturated heterocycles. The average Bonchev–Trinajstić information content (AvgIpc) is 2.61. The van der Waals surface area contributed by atoms with Crippen LogP contribution in [-0.4, -0.2) is 16.5 Å². The third kappa shape index (κ3) is 4.54. The van der Waals surface area contributed by atoms with Crippen molar-refractivity contribution in [2.24, 2.45) is 0 Å². The van der Waals surface area contributed by atoms with Crippen LogP contribution in [0.2, 0.25) is 5.02 Å². The van der Waals surface area contributed by atoms with E-state index in [1.54, 1.807) is 6.20 Å². The third-order valence-electron chi connectivity index (χ3n) is 3.60. The molecule has 0 spiro atoms. The van der Waals surface area contributed by atoms with E-state index in [1.165, 1.54) is 11.1 Å². The zero-order chi connectivity index (χ0) is 15.9. The lowest BCUT2D eigenvalue weighted by Gasteiger charge is -2.23. The number of pyridine rings is 2. The molecular weight excluding hydrogens is 306 g/mol. The maximum Gasteiger partial charge on any atom is 0.136 e. The molecule has 0 atom stereocenters. The molecule has 23 heavy (non-hydrogen) atoms. The summed E-state index contributed by atoms with van der Waals surface area (Å²) in [5.41, 5.74) is 2.46. The van der Waals surface area contributed by atoms with Gasteiger partial charge in [-0.15, -0.1) is 0 Å². The van der Waals surface area contributed by atoms with Gasteiger partial charge in [0.2, 0.25) is 0 Å². The maximum absolute atomic E-state index is 5.95. The first-order valence-electron chi connectivity index (χ1n) is 7.52. The molecule has 3 aromatic rings. The molecule has 3 nitrogen and oxygen atoms in total. The Kier molecular flexibility index (Phi) is 5.22. The Labute approximate surface area is 141 Å². The highest BCUT2D eigenvalue weighted by Crippen LogP contribution is 2.15. The molecule has 0 unspecified atom stereocenters. The minimum atomic E-state index is 0.764. The summed E-state index contributed by atoms with van der Waals surface area (Å²) in [7, 11) is 0. The molecular formula is C19H17ClN3. The Morgan fingerprint density at radius 3 is 2.43 bits per heavy atom. The second-order valence-electron chi connectivity index (χ2n) is 5.26. The molecule has 1 aromatic carbocycles. The molecule has 0 aliphatic rings. The van der Waals surface area contributed by atoms with E-state index in [0.717, 1.165) is 30.4 Å². The van der Waals surface area contributed by atoms with Gasteiger partial charge >= 0.3 is 0 Å². The summed E-state index contributed by atoms with van der Waals surface area (Å²) in [6, 6.07) is 19.0. The second-order valence-corrected chi connectivity index (χ2v) is 5.70. The Balaban J connectivity index is 1.74. The van der Waals surface area contributed by atoms with Crippen molar-refractivity contribution in [3.05, 3.63) is 89.3 Å². The molecule has 1 radical (unpaired) electrons. The van der Waals surface area contributed by atoms with Crippen LogP contribution in [0.5, 0.6) is 0 Å². The average molecular weight is 323 g/mol. The van der Waals surface area contributed by atoms with Crippen LogP contribution >= 0.6 is 11.6 Å². The van der Waals surface area contributed by atoms with Gasteiger partial charge in [-0.3, -0.25) is 4.98 Å². The zero-order valence-electron chi connectivity index (χ0n) is 12.7. The third-order valence-corrected chi connectivity index (χ3v) is 3.85. The quantitative estimate of drug-likeness (QED) is 0.681. The van der Waals surface area contributed by atoms with Gasteiger partial charge in [-0.2, -0.15) is 0 Å². The van der Waals surface area contributed by atoms with E-state index < -0.39 is 0 Å². The normalized spacial score (nSPS) is 10.5. The largest absolute Gasteiger partial charge is 0.351 e. The lowest BCUT2D eigenvalue weighted by molar-refractivity contribution is 0.767. The minimum absolute atomic E-state index is 0.764. The number of aromatic nitrogens is 2. The van der Waals surface area contributed by atoms with Crippen LogP contribution in [0.25, 0.3) is 0 Å². The number of anilines is 1. The zero-order valence-corrected chi connectivity index (χ0v) is 13.4. The van der Waals surface area contributed by atoms with Gasteiger partial charge in [0.05, 0.1) is 0 Å². The topological polar surface area (TPSA) is 29.0 Å². The van der Waals surface area contributed by atoms with Crippen molar-refractivity contribution in [3.8, 4) is 0 Å². The van der Waals surface area contributed by atoms with Crippen LogP contribution in [0.4, 0.5) is 5.82 Å². The molecule has 4 heteroatoms. The van der Waals surface area contributed by atoms with E-state index in [0.29, 0.717) is 0 Å². The van der Waals surface area contributed by atoms with E-state index in [2.05, 4.69) is 33.1 Å². The first-order valence-corrected chi connectivity index (χ1v) is 7.90. The Morgan fingerprint density at radius 1 is 0.957 bits per heavy atom. The summed E-state index contributed by atoms with van der Waals surface area (Å²) < 4.78 is 0. The number of halogens is 1. The molecule has 3 rings (SSSR count). The van der Waals surface area contributed by atoms with Crippen molar-refractivity contribution in [2.75, 3.05) is 11.4 Å². The molecule has 0 N–H and O–H groups in total. The summed E-state index contributed by atoms with van der Waals surface area (Å²) in [5, 5.41) is 0.764. The van der Waals surface area contributed by atoms with Gasteiger partial charge in [0.25, 0.3) is 0 Å². The van der Waals surface area contributed by atoms with Crippen LogP contribution < -0.4 is 4.90 Å². The van der Waals surface area contributed by atoms with E-state index in [1.807, 2.05) is 48.8 Å². The van der Waals surface area contributed by atoms with Crippen molar-refractivity contribution in [1.29, 1.82) is 0 Å². The van der Waals surface area contributed by atoms with Crippen molar-refractivity contribution in [1.82, 2.24) is 9.97 Å². The van der Waals surface area contributed by atoms with E-state index >= 15 is 0 Å². The van der Waals surface area contributed by atoms with Crippen molar-refractivity contribution in [3.63, 3.8) is 0 Å². The highest BCUT2D eigenvalue weighted by Gasteiger charge is 2.09. The van der Waals surface area contributed by atoms with E-state index in [-0.39, 0.29) is 0 Å². The van der Waals surface area contributed by atoms with Crippen LogP contribution in [0, 0.1) is 6.07 Å². The summed E-state index contributed by atoms with van der Waals surface area (Å²) in [6.45, 7) is 1.64. The van der Waals surface area contributed by atoms with Crippen molar-refractivity contribution >= 4 is 17.4 Å². The fourth-order valence-electron chi connectivity index (χ4n) is 2.37. The number of nitrogens with zero attached hydrogens (tertiary/aromatic N) is 3. The monoisotopic (exact) mass is 322 g/mol. The first-order chi connectivity index (χ1) is 11.3. The molecule has 0 amide bonds. The fourth-order valence-corrected chi connectivity index (χ4v) is 2.50.